The van der Waals surface area contributed by atoms with Gasteiger partial charge in [0.2, 0.25) is 0 Å². The van der Waals surface area contributed by atoms with E-state index in [0.29, 0.717) is 17.4 Å². The molecule has 7 nitrogen and oxygen atoms in total. The second-order valence-electron chi connectivity index (χ2n) is 9.50. The number of aromatic nitrogens is 1. The van der Waals surface area contributed by atoms with Gasteiger partial charge in [-0.2, -0.15) is 0 Å². The average Bonchev–Trinajstić information content (AvgIpc) is 3.35. The van der Waals surface area contributed by atoms with Crippen LogP contribution in [-0.4, -0.2) is 35.1 Å². The molecular formula is C28H32N2O5. The average molecular weight is 477 g/mol. The molecule has 0 aliphatic heterocycles. The summed E-state index contributed by atoms with van der Waals surface area (Å²) in [6.45, 7) is 3.53. The van der Waals surface area contributed by atoms with Crippen molar-refractivity contribution in [3.05, 3.63) is 59.9 Å². The third-order valence-corrected chi connectivity index (χ3v) is 6.59. The summed E-state index contributed by atoms with van der Waals surface area (Å²) in [5, 5.41) is 13.9. The van der Waals surface area contributed by atoms with E-state index in [9.17, 15) is 14.7 Å². The van der Waals surface area contributed by atoms with E-state index in [2.05, 4.69) is 5.32 Å². The van der Waals surface area contributed by atoms with Crippen molar-refractivity contribution in [1.82, 2.24) is 10.3 Å². The lowest BCUT2D eigenvalue weighted by Gasteiger charge is -2.19. The summed E-state index contributed by atoms with van der Waals surface area (Å²) in [6.07, 6.45) is 5.49. The second kappa shape index (κ2) is 10.8. The Kier molecular flexibility index (Phi) is 7.54. The Hall–Kier alpha value is -3.61. The molecule has 0 saturated heterocycles. The Labute approximate surface area is 205 Å². The van der Waals surface area contributed by atoms with Gasteiger partial charge in [0.05, 0.1) is 7.11 Å². The number of aliphatic carboxylic acids is 1. The molecule has 1 aliphatic carbocycles. The van der Waals surface area contributed by atoms with Crippen molar-refractivity contribution in [2.45, 2.75) is 52.0 Å². The van der Waals surface area contributed by atoms with Crippen LogP contribution in [-0.2, 0) is 11.2 Å². The summed E-state index contributed by atoms with van der Waals surface area (Å²) in [5.74, 6) is 0.886. The third-order valence-electron chi connectivity index (χ3n) is 6.59. The molecule has 1 saturated carbocycles. The van der Waals surface area contributed by atoms with Crippen molar-refractivity contribution in [2.24, 2.45) is 11.8 Å². The van der Waals surface area contributed by atoms with Crippen LogP contribution in [0.5, 0.6) is 17.2 Å². The fraction of sp³-hybridized carbons (Fsp3) is 0.393. The molecule has 2 N–H and O–H groups in total. The van der Waals surface area contributed by atoms with Gasteiger partial charge in [-0.3, -0.25) is 4.79 Å². The topological polar surface area (TPSA) is 97.8 Å². The number of nitrogens with zero attached hydrogens (tertiary/aromatic N) is 1. The summed E-state index contributed by atoms with van der Waals surface area (Å²) >= 11 is 0. The molecule has 184 valence electrons. The van der Waals surface area contributed by atoms with Crippen LogP contribution in [0.25, 0.3) is 10.8 Å². The SMILES string of the molecule is COc1ccc(Oc2ccc3cc(C(=O)N[C@H](C(=O)O)C(C)C)nc(CC4CCCC4)c3c2)cc1. The Morgan fingerprint density at radius 1 is 1.03 bits per heavy atom. The highest BCUT2D eigenvalue weighted by molar-refractivity contribution is 5.99. The Morgan fingerprint density at radius 2 is 1.69 bits per heavy atom. The molecule has 1 atom stereocenters. The number of methoxy groups -OCH3 is 1. The van der Waals surface area contributed by atoms with Crippen molar-refractivity contribution in [3.8, 4) is 17.2 Å². The largest absolute Gasteiger partial charge is 0.497 e. The molecule has 1 heterocycles. The van der Waals surface area contributed by atoms with E-state index in [0.717, 1.165) is 41.5 Å². The Bertz CT molecular complexity index is 1200. The van der Waals surface area contributed by atoms with Gasteiger partial charge >= 0.3 is 5.97 Å². The number of pyridine rings is 1. The molecule has 0 bridgehead atoms. The molecule has 3 aromatic rings. The zero-order valence-corrected chi connectivity index (χ0v) is 20.4. The van der Waals surface area contributed by atoms with Crippen LogP contribution in [0.4, 0.5) is 0 Å². The number of fused-ring (bicyclic) bond motifs is 1. The number of ether oxygens (including phenoxy) is 2. The van der Waals surface area contributed by atoms with Gasteiger partial charge in [0.15, 0.2) is 0 Å². The maximum absolute atomic E-state index is 13.0. The second-order valence-corrected chi connectivity index (χ2v) is 9.50. The molecule has 0 spiro atoms. The first-order valence-corrected chi connectivity index (χ1v) is 12.1. The van der Waals surface area contributed by atoms with E-state index < -0.39 is 17.9 Å². The number of rotatable bonds is 9. The van der Waals surface area contributed by atoms with Crippen LogP contribution < -0.4 is 14.8 Å². The van der Waals surface area contributed by atoms with E-state index in [1.165, 1.54) is 12.8 Å². The monoisotopic (exact) mass is 476 g/mol. The molecule has 1 fully saturated rings. The van der Waals surface area contributed by atoms with Gasteiger partial charge in [-0.05, 0) is 66.1 Å². The highest BCUT2D eigenvalue weighted by atomic mass is 16.5. The van der Waals surface area contributed by atoms with Crippen molar-refractivity contribution in [1.29, 1.82) is 0 Å². The predicted octanol–water partition coefficient (Wildman–Crippen LogP) is 5.61. The van der Waals surface area contributed by atoms with Crippen LogP contribution >= 0.6 is 0 Å². The minimum Gasteiger partial charge on any atom is -0.497 e. The van der Waals surface area contributed by atoms with Crippen molar-refractivity contribution >= 4 is 22.6 Å². The minimum absolute atomic E-state index is 0.237. The maximum Gasteiger partial charge on any atom is 0.326 e. The Balaban J connectivity index is 1.67. The first-order chi connectivity index (χ1) is 16.8. The summed E-state index contributed by atoms with van der Waals surface area (Å²) in [7, 11) is 1.62. The number of carboxylic acids is 1. The lowest BCUT2D eigenvalue weighted by molar-refractivity contribution is -0.140. The quantitative estimate of drug-likeness (QED) is 0.417. The number of benzene rings is 2. The Morgan fingerprint density at radius 3 is 2.31 bits per heavy atom. The van der Waals surface area contributed by atoms with E-state index >= 15 is 0 Å². The zero-order chi connectivity index (χ0) is 24.9. The summed E-state index contributed by atoms with van der Waals surface area (Å²) in [4.78, 5) is 29.3. The highest BCUT2D eigenvalue weighted by Crippen LogP contribution is 2.33. The van der Waals surface area contributed by atoms with E-state index in [1.54, 1.807) is 27.0 Å². The van der Waals surface area contributed by atoms with E-state index in [-0.39, 0.29) is 11.6 Å². The van der Waals surface area contributed by atoms with Crippen LogP contribution in [0.15, 0.2) is 48.5 Å². The molecule has 4 rings (SSSR count). The van der Waals surface area contributed by atoms with Gasteiger partial charge in [0.1, 0.15) is 29.0 Å². The maximum atomic E-state index is 13.0. The van der Waals surface area contributed by atoms with Gasteiger partial charge < -0.3 is 19.9 Å². The number of amides is 1. The molecular weight excluding hydrogens is 444 g/mol. The summed E-state index contributed by atoms with van der Waals surface area (Å²) in [6, 6.07) is 13.9. The molecule has 1 aromatic heterocycles. The molecule has 35 heavy (non-hydrogen) atoms. The fourth-order valence-electron chi connectivity index (χ4n) is 4.63. The van der Waals surface area contributed by atoms with Gasteiger partial charge in [-0.25, -0.2) is 9.78 Å². The molecule has 0 radical (unpaired) electrons. The summed E-state index contributed by atoms with van der Waals surface area (Å²) < 4.78 is 11.3. The highest BCUT2D eigenvalue weighted by Gasteiger charge is 2.26. The molecule has 0 unspecified atom stereocenters. The number of nitrogens with one attached hydrogen (secondary N) is 1. The van der Waals surface area contributed by atoms with Gasteiger partial charge in [0.25, 0.3) is 5.91 Å². The molecule has 2 aromatic carbocycles. The zero-order valence-electron chi connectivity index (χ0n) is 20.4. The van der Waals surface area contributed by atoms with Crippen LogP contribution in [0.1, 0.15) is 55.7 Å². The minimum atomic E-state index is -1.05. The number of carboxylic acid groups (broad SMARTS) is 1. The number of carbonyl (C=O) groups excluding carboxylic acids is 1. The summed E-state index contributed by atoms with van der Waals surface area (Å²) in [5.41, 5.74) is 1.08. The fourth-order valence-corrected chi connectivity index (χ4v) is 4.63. The normalized spacial score (nSPS) is 14.7. The van der Waals surface area contributed by atoms with Crippen molar-refractivity contribution in [2.75, 3.05) is 7.11 Å². The van der Waals surface area contributed by atoms with Gasteiger partial charge in [0, 0.05) is 11.1 Å². The van der Waals surface area contributed by atoms with E-state index in [1.807, 2.05) is 42.5 Å². The van der Waals surface area contributed by atoms with Crippen LogP contribution in [0, 0.1) is 11.8 Å². The molecule has 1 amide bonds. The molecule has 7 heteroatoms. The van der Waals surface area contributed by atoms with Gasteiger partial charge in [-0.15, -0.1) is 0 Å². The number of hydrogen-bond acceptors (Lipinski definition) is 5. The lowest BCUT2D eigenvalue weighted by Crippen LogP contribution is -2.44. The first-order valence-electron chi connectivity index (χ1n) is 12.1. The number of carbonyl (C=O) groups is 2. The lowest BCUT2D eigenvalue weighted by atomic mass is 9.97. The van der Waals surface area contributed by atoms with Crippen LogP contribution in [0.3, 0.4) is 0 Å². The van der Waals surface area contributed by atoms with Crippen LogP contribution in [0.2, 0.25) is 0 Å². The van der Waals surface area contributed by atoms with Gasteiger partial charge in [-0.1, -0.05) is 45.6 Å². The van der Waals surface area contributed by atoms with Crippen molar-refractivity contribution < 1.29 is 24.2 Å². The first kappa shape index (κ1) is 24.5. The predicted molar refractivity (Wildman–Crippen MR) is 134 cm³/mol. The number of hydrogen-bond donors (Lipinski definition) is 2. The molecule has 1 aliphatic rings. The van der Waals surface area contributed by atoms with Crippen molar-refractivity contribution in [3.63, 3.8) is 0 Å². The third kappa shape index (κ3) is 5.91. The standard InChI is InChI=1S/C28H32N2O5/c1-17(2)26(28(32)33)30-27(31)25-15-19-8-9-22(35-21-12-10-20(34-3)11-13-21)16-23(19)24(29-25)14-18-6-4-5-7-18/h8-13,15-18,26H,4-7,14H2,1-3H3,(H,30,31)(H,32,33)/t26-/m0/s1. The van der Waals surface area contributed by atoms with E-state index in [4.69, 9.17) is 14.5 Å². The smallest absolute Gasteiger partial charge is 0.326 e.